The van der Waals surface area contributed by atoms with Gasteiger partial charge >= 0.3 is 0 Å². The average Bonchev–Trinajstić information content (AvgIpc) is 3.56. The van der Waals surface area contributed by atoms with E-state index in [1.165, 1.54) is 40.4 Å². The zero-order valence-electron chi connectivity index (χ0n) is 21.2. The van der Waals surface area contributed by atoms with Gasteiger partial charge in [0.1, 0.15) is 6.29 Å². The quantitative estimate of drug-likeness (QED) is 0.292. The normalized spacial score (nSPS) is 12.1. The average molecular weight is 508 g/mol. The number of aldehydes is 1. The van der Waals surface area contributed by atoms with E-state index < -0.39 is 0 Å². The number of ether oxygens (including phenoxy) is 3. The van der Waals surface area contributed by atoms with E-state index in [2.05, 4.69) is 19.9 Å². The van der Waals surface area contributed by atoms with E-state index in [0.29, 0.717) is 39.4 Å². The topological polar surface area (TPSA) is 126 Å². The first-order valence-electron chi connectivity index (χ1n) is 11.5. The van der Waals surface area contributed by atoms with Gasteiger partial charge in [0.15, 0.2) is 0 Å². The van der Waals surface area contributed by atoms with Crippen molar-refractivity contribution in [3.63, 3.8) is 0 Å². The van der Waals surface area contributed by atoms with Crippen molar-refractivity contribution in [2.75, 3.05) is 41.6 Å². The van der Waals surface area contributed by atoms with E-state index in [0.717, 1.165) is 30.1 Å². The van der Waals surface area contributed by atoms with Crippen LogP contribution in [0.1, 0.15) is 33.6 Å². The van der Waals surface area contributed by atoms with Gasteiger partial charge in [0.25, 0.3) is 5.91 Å². The first-order chi connectivity index (χ1) is 18.0. The maximum atomic E-state index is 11.9. The zero-order chi connectivity index (χ0) is 26.6. The van der Waals surface area contributed by atoms with Gasteiger partial charge in [-0.05, 0) is 49.2 Å². The van der Waals surface area contributed by atoms with E-state index in [1.54, 1.807) is 49.6 Å². The summed E-state index contributed by atoms with van der Waals surface area (Å²) in [5.41, 5.74) is 3.77. The lowest BCUT2D eigenvalue weighted by atomic mass is 10.2. The molecule has 194 valence electrons. The standard InChI is InChI=1S/C12H13N3O3.C10H8N2O2.C4H8O/c1-15(18-3)12(16)8-4-5-9-10(6-8)14-11(17-2)7-13-9;1-14-10-5-11-8-3-2-7(6-13)4-9(8)12-10;1-2-4-5-3-1/h4-7H,1-3H3;2-6H,1H3;1-4H2. The van der Waals surface area contributed by atoms with Crippen LogP contribution >= 0.6 is 0 Å². The molecule has 1 aliphatic heterocycles. The number of methoxy groups -OCH3 is 2. The Morgan fingerprint density at radius 2 is 1.43 bits per heavy atom. The number of rotatable bonds is 5. The molecule has 1 aliphatic rings. The SMILES string of the molecule is C1CCOC1.COc1cnc2ccc(C(=O)N(C)OC)cc2n1.COc1cnc2ccc(C=O)cc2n1. The smallest absolute Gasteiger partial charge is 0.277 e. The summed E-state index contributed by atoms with van der Waals surface area (Å²) < 4.78 is 14.9. The lowest BCUT2D eigenvalue weighted by Gasteiger charge is -2.13. The number of hydrogen-bond acceptors (Lipinski definition) is 10. The van der Waals surface area contributed by atoms with E-state index >= 15 is 0 Å². The molecule has 4 aromatic rings. The summed E-state index contributed by atoms with van der Waals surface area (Å²) in [6.07, 6.45) is 6.41. The fourth-order valence-corrected chi connectivity index (χ4v) is 3.18. The van der Waals surface area contributed by atoms with Crippen molar-refractivity contribution >= 4 is 34.3 Å². The molecule has 0 saturated carbocycles. The van der Waals surface area contributed by atoms with Crippen LogP contribution in [0, 0.1) is 0 Å². The Morgan fingerprint density at radius 3 is 1.92 bits per heavy atom. The van der Waals surface area contributed by atoms with Crippen LogP contribution in [-0.4, -0.2) is 78.8 Å². The second-order valence-electron chi connectivity index (χ2n) is 7.70. The molecular formula is C26H29N5O6. The van der Waals surface area contributed by atoms with Crippen LogP contribution < -0.4 is 9.47 Å². The third kappa shape index (κ3) is 7.63. The molecule has 0 atom stereocenters. The van der Waals surface area contributed by atoms with Crippen molar-refractivity contribution in [2.45, 2.75) is 12.8 Å². The molecule has 0 radical (unpaired) electrons. The van der Waals surface area contributed by atoms with Crippen molar-refractivity contribution in [1.29, 1.82) is 0 Å². The van der Waals surface area contributed by atoms with Crippen LogP contribution in [0.5, 0.6) is 11.8 Å². The summed E-state index contributed by atoms with van der Waals surface area (Å²) >= 11 is 0. The lowest BCUT2D eigenvalue weighted by Crippen LogP contribution is -2.25. The van der Waals surface area contributed by atoms with Crippen LogP contribution in [0.25, 0.3) is 22.1 Å². The maximum Gasteiger partial charge on any atom is 0.277 e. The van der Waals surface area contributed by atoms with Crippen molar-refractivity contribution < 1.29 is 28.6 Å². The number of nitrogens with zero attached hydrogens (tertiary/aromatic N) is 5. The first kappa shape index (κ1) is 27.4. The third-order valence-electron chi connectivity index (χ3n) is 5.25. The molecule has 37 heavy (non-hydrogen) atoms. The van der Waals surface area contributed by atoms with Gasteiger partial charge in [-0.25, -0.2) is 25.0 Å². The van der Waals surface area contributed by atoms with Crippen LogP contribution in [0.3, 0.4) is 0 Å². The third-order valence-corrected chi connectivity index (χ3v) is 5.25. The van der Waals surface area contributed by atoms with Gasteiger partial charge in [-0.3, -0.25) is 14.4 Å². The minimum absolute atomic E-state index is 0.246. The van der Waals surface area contributed by atoms with Crippen molar-refractivity contribution in [3.8, 4) is 11.8 Å². The molecule has 11 heteroatoms. The molecule has 0 unspecified atom stereocenters. The molecule has 0 bridgehead atoms. The van der Waals surface area contributed by atoms with Gasteiger partial charge in [-0.1, -0.05) is 0 Å². The fourth-order valence-electron chi connectivity index (χ4n) is 3.18. The predicted molar refractivity (Wildman–Crippen MR) is 137 cm³/mol. The maximum absolute atomic E-state index is 11.9. The summed E-state index contributed by atoms with van der Waals surface area (Å²) in [5, 5.41) is 1.15. The Balaban J connectivity index is 0.000000176. The molecule has 5 rings (SSSR count). The largest absolute Gasteiger partial charge is 0.480 e. The number of amides is 1. The van der Waals surface area contributed by atoms with Gasteiger partial charge in [-0.2, -0.15) is 0 Å². The second-order valence-corrected chi connectivity index (χ2v) is 7.70. The Labute approximate surface area is 214 Å². The summed E-state index contributed by atoms with van der Waals surface area (Å²) in [6, 6.07) is 10.2. The molecule has 2 aromatic heterocycles. The monoisotopic (exact) mass is 507 g/mol. The Kier molecular flexibility index (Phi) is 10.2. The van der Waals surface area contributed by atoms with E-state index in [9.17, 15) is 9.59 Å². The Hall–Kier alpha value is -4.22. The molecule has 1 amide bonds. The first-order valence-corrected chi connectivity index (χ1v) is 11.5. The van der Waals surface area contributed by atoms with Crippen LogP contribution in [0.15, 0.2) is 48.8 Å². The molecule has 0 N–H and O–H groups in total. The van der Waals surface area contributed by atoms with Crippen LogP contribution in [-0.2, 0) is 9.57 Å². The summed E-state index contributed by atoms with van der Waals surface area (Å²) in [7, 11) is 6.02. The number of benzene rings is 2. The number of carbonyl (C=O) groups excluding carboxylic acids is 2. The van der Waals surface area contributed by atoms with E-state index in [-0.39, 0.29) is 5.91 Å². The van der Waals surface area contributed by atoms with E-state index in [4.69, 9.17) is 19.0 Å². The van der Waals surface area contributed by atoms with Crippen LogP contribution in [0.2, 0.25) is 0 Å². The summed E-state index contributed by atoms with van der Waals surface area (Å²) in [5.74, 6) is 0.608. The molecule has 0 aliphatic carbocycles. The summed E-state index contributed by atoms with van der Waals surface area (Å²) in [6.45, 7) is 2.00. The van der Waals surface area contributed by atoms with Gasteiger partial charge < -0.3 is 14.2 Å². The van der Waals surface area contributed by atoms with Gasteiger partial charge in [0.2, 0.25) is 11.8 Å². The highest BCUT2D eigenvalue weighted by molar-refractivity contribution is 5.96. The summed E-state index contributed by atoms with van der Waals surface area (Å²) in [4.78, 5) is 43.9. The molecule has 2 aromatic carbocycles. The van der Waals surface area contributed by atoms with Crippen molar-refractivity contribution in [2.24, 2.45) is 0 Å². The number of hydrogen-bond donors (Lipinski definition) is 0. The fraction of sp³-hybridized carbons (Fsp3) is 0.308. The van der Waals surface area contributed by atoms with E-state index in [1.807, 2.05) is 0 Å². The van der Waals surface area contributed by atoms with Crippen LogP contribution in [0.4, 0.5) is 0 Å². The van der Waals surface area contributed by atoms with Crippen molar-refractivity contribution in [3.05, 3.63) is 59.9 Å². The number of carbonyl (C=O) groups is 2. The van der Waals surface area contributed by atoms with Crippen molar-refractivity contribution in [1.82, 2.24) is 25.0 Å². The zero-order valence-corrected chi connectivity index (χ0v) is 21.2. The lowest BCUT2D eigenvalue weighted by molar-refractivity contribution is -0.0756. The molecule has 0 spiro atoms. The second kappa shape index (κ2) is 13.8. The van der Waals surface area contributed by atoms with Gasteiger partial charge in [-0.15, -0.1) is 0 Å². The minimum atomic E-state index is -0.246. The highest BCUT2D eigenvalue weighted by Gasteiger charge is 2.12. The number of fused-ring (bicyclic) bond motifs is 2. The molecule has 1 saturated heterocycles. The minimum Gasteiger partial charge on any atom is -0.480 e. The predicted octanol–water partition coefficient (Wildman–Crippen LogP) is 3.52. The number of aromatic nitrogens is 4. The molecule has 1 fully saturated rings. The Morgan fingerprint density at radius 1 is 0.865 bits per heavy atom. The molecular weight excluding hydrogens is 478 g/mol. The van der Waals surface area contributed by atoms with Gasteiger partial charge in [0, 0.05) is 31.4 Å². The van der Waals surface area contributed by atoms with Gasteiger partial charge in [0.05, 0.1) is 55.8 Å². The molecule has 3 heterocycles. The Bertz CT molecular complexity index is 1340. The highest BCUT2D eigenvalue weighted by atomic mass is 16.7. The highest BCUT2D eigenvalue weighted by Crippen LogP contribution is 2.16. The number of hydroxylamine groups is 2. The molecule has 11 nitrogen and oxygen atoms in total.